The SMILES string of the molecule is CC(C)(C)N=Cc1cc(C(=O)O)ccc1O. The molecular formula is C12H15NO3. The molecule has 4 heteroatoms. The van der Waals surface area contributed by atoms with Crippen molar-refractivity contribution in [3.63, 3.8) is 0 Å². The molecule has 1 rings (SSSR count). The number of phenols is 1. The van der Waals surface area contributed by atoms with E-state index in [9.17, 15) is 9.90 Å². The summed E-state index contributed by atoms with van der Waals surface area (Å²) in [5.74, 6) is -0.997. The first-order chi connectivity index (χ1) is 7.29. The maximum absolute atomic E-state index is 10.7. The first-order valence-corrected chi connectivity index (χ1v) is 4.91. The molecule has 0 saturated heterocycles. The van der Waals surface area contributed by atoms with Crippen molar-refractivity contribution in [1.82, 2.24) is 0 Å². The van der Waals surface area contributed by atoms with Gasteiger partial charge < -0.3 is 10.2 Å². The standard InChI is InChI=1S/C12H15NO3/c1-12(2,3)13-7-9-6-8(11(15)16)4-5-10(9)14/h4-7,14H,1-3H3,(H,15,16). The summed E-state index contributed by atoms with van der Waals surface area (Å²) in [5, 5.41) is 18.3. The van der Waals surface area contributed by atoms with E-state index in [1.165, 1.54) is 24.4 Å². The van der Waals surface area contributed by atoms with E-state index in [2.05, 4.69) is 4.99 Å². The third-order valence-corrected chi connectivity index (χ3v) is 1.87. The van der Waals surface area contributed by atoms with E-state index in [-0.39, 0.29) is 16.9 Å². The number of rotatable bonds is 2. The van der Waals surface area contributed by atoms with E-state index in [0.717, 1.165) is 0 Å². The minimum atomic E-state index is -1.02. The highest BCUT2D eigenvalue weighted by atomic mass is 16.4. The van der Waals surface area contributed by atoms with Crippen molar-refractivity contribution in [1.29, 1.82) is 0 Å². The van der Waals surface area contributed by atoms with Gasteiger partial charge in [-0.3, -0.25) is 4.99 Å². The molecular weight excluding hydrogens is 206 g/mol. The Kier molecular flexibility index (Phi) is 3.32. The summed E-state index contributed by atoms with van der Waals surface area (Å²) in [4.78, 5) is 14.9. The summed E-state index contributed by atoms with van der Waals surface area (Å²) in [5.41, 5.74) is 0.286. The van der Waals surface area contributed by atoms with Gasteiger partial charge in [0, 0.05) is 11.8 Å². The lowest BCUT2D eigenvalue weighted by molar-refractivity contribution is 0.0697. The smallest absolute Gasteiger partial charge is 0.335 e. The molecule has 0 atom stereocenters. The number of benzene rings is 1. The maximum Gasteiger partial charge on any atom is 0.335 e. The van der Waals surface area contributed by atoms with Gasteiger partial charge in [0.05, 0.1) is 11.1 Å². The molecule has 0 heterocycles. The zero-order valence-corrected chi connectivity index (χ0v) is 9.56. The zero-order chi connectivity index (χ0) is 12.3. The maximum atomic E-state index is 10.7. The molecule has 0 aromatic heterocycles. The van der Waals surface area contributed by atoms with Crippen LogP contribution in [0.1, 0.15) is 36.7 Å². The van der Waals surface area contributed by atoms with E-state index in [1.54, 1.807) is 0 Å². The molecule has 0 aliphatic carbocycles. The third-order valence-electron chi connectivity index (χ3n) is 1.87. The van der Waals surface area contributed by atoms with Crippen LogP contribution in [0.2, 0.25) is 0 Å². The Balaban J connectivity index is 3.08. The molecule has 0 bridgehead atoms. The highest BCUT2D eigenvalue weighted by Crippen LogP contribution is 2.17. The van der Waals surface area contributed by atoms with Gasteiger partial charge in [0.25, 0.3) is 0 Å². The van der Waals surface area contributed by atoms with Gasteiger partial charge >= 0.3 is 5.97 Å². The molecule has 0 spiro atoms. The molecule has 1 aromatic carbocycles. The van der Waals surface area contributed by atoms with Gasteiger partial charge in [-0.2, -0.15) is 0 Å². The molecule has 4 nitrogen and oxygen atoms in total. The minimum Gasteiger partial charge on any atom is -0.507 e. The normalized spacial score (nSPS) is 11.9. The Morgan fingerprint density at radius 3 is 2.50 bits per heavy atom. The molecule has 16 heavy (non-hydrogen) atoms. The number of phenolic OH excluding ortho intramolecular Hbond substituents is 1. The molecule has 0 amide bonds. The highest BCUT2D eigenvalue weighted by molar-refractivity contribution is 5.92. The van der Waals surface area contributed by atoms with E-state index in [1.807, 2.05) is 20.8 Å². The summed E-state index contributed by atoms with van der Waals surface area (Å²) >= 11 is 0. The Morgan fingerprint density at radius 1 is 1.38 bits per heavy atom. The molecule has 86 valence electrons. The fraction of sp³-hybridized carbons (Fsp3) is 0.333. The number of hydrogen-bond donors (Lipinski definition) is 2. The highest BCUT2D eigenvalue weighted by Gasteiger charge is 2.08. The number of carboxylic acid groups (broad SMARTS) is 1. The molecule has 0 radical (unpaired) electrons. The van der Waals surface area contributed by atoms with Crippen molar-refractivity contribution >= 4 is 12.2 Å². The molecule has 0 fully saturated rings. The van der Waals surface area contributed by atoms with Crippen LogP contribution in [0.4, 0.5) is 0 Å². The topological polar surface area (TPSA) is 69.9 Å². The van der Waals surface area contributed by atoms with Crippen LogP contribution < -0.4 is 0 Å². The van der Waals surface area contributed by atoms with E-state index in [4.69, 9.17) is 5.11 Å². The monoisotopic (exact) mass is 221 g/mol. The molecule has 0 unspecified atom stereocenters. The third kappa shape index (κ3) is 3.38. The first kappa shape index (κ1) is 12.2. The molecule has 0 saturated carbocycles. The lowest BCUT2D eigenvalue weighted by Crippen LogP contribution is -2.09. The summed E-state index contributed by atoms with van der Waals surface area (Å²) in [6.07, 6.45) is 1.49. The lowest BCUT2D eigenvalue weighted by atomic mass is 10.1. The average molecular weight is 221 g/mol. The van der Waals surface area contributed by atoms with E-state index < -0.39 is 5.97 Å². The second-order valence-electron chi connectivity index (χ2n) is 4.51. The number of carbonyl (C=O) groups is 1. The predicted octanol–water partition coefficient (Wildman–Crippen LogP) is 2.31. The zero-order valence-electron chi connectivity index (χ0n) is 9.56. The quantitative estimate of drug-likeness (QED) is 0.753. The predicted molar refractivity (Wildman–Crippen MR) is 62.4 cm³/mol. The summed E-state index contributed by atoms with van der Waals surface area (Å²) in [6, 6.07) is 4.10. The van der Waals surface area contributed by atoms with Crippen LogP contribution in [0.3, 0.4) is 0 Å². The van der Waals surface area contributed by atoms with Gasteiger partial charge in [-0.15, -0.1) is 0 Å². The van der Waals surface area contributed by atoms with Crippen molar-refractivity contribution < 1.29 is 15.0 Å². The number of aromatic hydroxyl groups is 1. The van der Waals surface area contributed by atoms with Crippen LogP contribution in [0.5, 0.6) is 5.75 Å². The van der Waals surface area contributed by atoms with Crippen LogP contribution >= 0.6 is 0 Å². The number of aliphatic imine (C=N–C) groups is 1. The number of carboxylic acids is 1. The first-order valence-electron chi connectivity index (χ1n) is 4.91. The lowest BCUT2D eigenvalue weighted by Gasteiger charge is -2.11. The second-order valence-corrected chi connectivity index (χ2v) is 4.51. The Bertz CT molecular complexity index is 430. The minimum absolute atomic E-state index is 0.0259. The Morgan fingerprint density at radius 2 is 2.00 bits per heavy atom. The average Bonchev–Trinajstić information content (AvgIpc) is 2.14. The molecule has 2 N–H and O–H groups in total. The van der Waals surface area contributed by atoms with Crippen molar-refractivity contribution in [2.45, 2.75) is 26.3 Å². The fourth-order valence-electron chi connectivity index (χ4n) is 1.05. The van der Waals surface area contributed by atoms with Crippen molar-refractivity contribution in [3.8, 4) is 5.75 Å². The van der Waals surface area contributed by atoms with Gasteiger partial charge in [0.15, 0.2) is 0 Å². The number of aromatic carboxylic acids is 1. The van der Waals surface area contributed by atoms with Gasteiger partial charge in [-0.25, -0.2) is 4.79 Å². The second kappa shape index (κ2) is 4.35. The van der Waals surface area contributed by atoms with Gasteiger partial charge in [0.2, 0.25) is 0 Å². The Labute approximate surface area is 94.3 Å². The van der Waals surface area contributed by atoms with Crippen LogP contribution in [-0.2, 0) is 0 Å². The Hall–Kier alpha value is -1.84. The molecule has 0 aliphatic heterocycles. The van der Waals surface area contributed by atoms with Crippen LogP contribution in [0, 0.1) is 0 Å². The molecule has 1 aromatic rings. The van der Waals surface area contributed by atoms with Crippen molar-refractivity contribution in [2.75, 3.05) is 0 Å². The van der Waals surface area contributed by atoms with E-state index >= 15 is 0 Å². The van der Waals surface area contributed by atoms with Crippen LogP contribution in [-0.4, -0.2) is 27.9 Å². The summed E-state index contributed by atoms with van der Waals surface area (Å²) < 4.78 is 0. The van der Waals surface area contributed by atoms with Crippen molar-refractivity contribution in [2.24, 2.45) is 4.99 Å². The fourth-order valence-corrected chi connectivity index (χ4v) is 1.05. The number of nitrogens with zero attached hydrogens (tertiary/aromatic N) is 1. The van der Waals surface area contributed by atoms with Crippen molar-refractivity contribution in [3.05, 3.63) is 29.3 Å². The largest absolute Gasteiger partial charge is 0.507 e. The summed E-state index contributed by atoms with van der Waals surface area (Å²) in [7, 11) is 0. The van der Waals surface area contributed by atoms with Gasteiger partial charge in [-0.1, -0.05) is 0 Å². The number of hydrogen-bond acceptors (Lipinski definition) is 3. The van der Waals surface area contributed by atoms with E-state index in [0.29, 0.717) is 5.56 Å². The van der Waals surface area contributed by atoms with Gasteiger partial charge in [-0.05, 0) is 39.0 Å². The molecule has 0 aliphatic rings. The summed E-state index contributed by atoms with van der Waals surface area (Å²) in [6.45, 7) is 5.75. The van der Waals surface area contributed by atoms with Crippen LogP contribution in [0.15, 0.2) is 23.2 Å². The van der Waals surface area contributed by atoms with Gasteiger partial charge in [0.1, 0.15) is 5.75 Å². The van der Waals surface area contributed by atoms with Crippen LogP contribution in [0.25, 0.3) is 0 Å².